The van der Waals surface area contributed by atoms with Crippen molar-refractivity contribution >= 4 is 6.09 Å². The highest BCUT2D eigenvalue weighted by Crippen LogP contribution is 2.30. The van der Waals surface area contributed by atoms with Gasteiger partial charge in [0.25, 0.3) is 0 Å². The lowest BCUT2D eigenvalue weighted by atomic mass is 9.96. The van der Waals surface area contributed by atoms with E-state index in [1.807, 2.05) is 121 Å². The third kappa shape index (κ3) is 9.22. The molecule has 224 valence electrons. The predicted molar refractivity (Wildman–Crippen MR) is 161 cm³/mol. The summed E-state index contributed by atoms with van der Waals surface area (Å²) in [5, 5.41) is 12.5. The molecule has 0 spiro atoms. The number of carboxylic acid groups (broad SMARTS) is 1. The summed E-state index contributed by atoms with van der Waals surface area (Å²) in [6, 6.07) is 38.2. The molecule has 1 unspecified atom stereocenters. The van der Waals surface area contributed by atoms with E-state index in [1.54, 1.807) is 0 Å². The van der Waals surface area contributed by atoms with Gasteiger partial charge in [-0.05, 0) is 22.3 Å². The van der Waals surface area contributed by atoms with Gasteiger partial charge in [-0.15, -0.1) is 0 Å². The number of nitrogens with one attached hydrogen (secondary N) is 1. The average Bonchev–Trinajstić information content (AvgIpc) is 3.05. The highest BCUT2D eigenvalue weighted by molar-refractivity contribution is 5.65. The van der Waals surface area contributed by atoms with Gasteiger partial charge in [0.15, 0.2) is 6.29 Å². The van der Waals surface area contributed by atoms with Crippen LogP contribution in [0.4, 0.5) is 4.79 Å². The fourth-order valence-electron chi connectivity index (χ4n) is 5.03. The lowest BCUT2D eigenvalue weighted by Crippen LogP contribution is -2.66. The van der Waals surface area contributed by atoms with E-state index in [2.05, 4.69) is 5.32 Å². The molecule has 0 aromatic heterocycles. The molecule has 8 heteroatoms. The van der Waals surface area contributed by atoms with E-state index in [0.717, 1.165) is 22.3 Å². The lowest BCUT2D eigenvalue weighted by molar-refractivity contribution is -0.292. The van der Waals surface area contributed by atoms with Crippen molar-refractivity contribution in [1.82, 2.24) is 5.32 Å². The number of hydrogen-bond acceptors (Lipinski definition) is 6. The molecular formula is C35H37NO7. The van der Waals surface area contributed by atoms with Crippen LogP contribution in [0.25, 0.3) is 0 Å². The summed E-state index contributed by atoms with van der Waals surface area (Å²) in [6.45, 7) is 1.32. The highest BCUT2D eigenvalue weighted by atomic mass is 16.7. The molecule has 5 rings (SSSR count). The molecule has 8 nitrogen and oxygen atoms in total. The van der Waals surface area contributed by atoms with Crippen LogP contribution in [-0.2, 0) is 50.1 Å². The maximum atomic E-state index is 12.1. The van der Waals surface area contributed by atoms with Gasteiger partial charge < -0.3 is 34.1 Å². The topological polar surface area (TPSA) is 95.5 Å². The van der Waals surface area contributed by atoms with Crippen LogP contribution < -0.4 is 5.32 Å². The van der Waals surface area contributed by atoms with Gasteiger partial charge in [-0.2, -0.15) is 0 Å². The molecule has 1 heterocycles. The van der Waals surface area contributed by atoms with Crippen LogP contribution in [0.1, 0.15) is 22.3 Å². The molecular weight excluding hydrogens is 546 g/mol. The van der Waals surface area contributed by atoms with E-state index in [1.165, 1.54) is 0 Å². The Labute approximate surface area is 252 Å². The third-order valence-corrected chi connectivity index (χ3v) is 7.16. The van der Waals surface area contributed by atoms with Crippen LogP contribution in [-0.4, -0.2) is 48.5 Å². The first-order chi connectivity index (χ1) is 21.2. The van der Waals surface area contributed by atoms with Gasteiger partial charge in [0, 0.05) is 0 Å². The zero-order chi connectivity index (χ0) is 29.7. The second-order valence-corrected chi connectivity index (χ2v) is 10.3. The molecule has 4 aromatic rings. The van der Waals surface area contributed by atoms with Crippen LogP contribution in [0.2, 0.25) is 0 Å². The van der Waals surface area contributed by atoms with E-state index in [-0.39, 0.29) is 26.4 Å². The molecule has 1 amide bonds. The van der Waals surface area contributed by atoms with Crippen LogP contribution in [0.15, 0.2) is 121 Å². The minimum atomic E-state index is -1.21. The molecule has 0 bridgehead atoms. The van der Waals surface area contributed by atoms with E-state index in [4.69, 9.17) is 23.7 Å². The lowest BCUT2D eigenvalue weighted by Gasteiger charge is -2.46. The van der Waals surface area contributed by atoms with Crippen molar-refractivity contribution in [3.63, 3.8) is 0 Å². The summed E-state index contributed by atoms with van der Waals surface area (Å²) in [5.41, 5.74) is 3.88. The van der Waals surface area contributed by atoms with Crippen molar-refractivity contribution in [2.24, 2.45) is 0 Å². The third-order valence-electron chi connectivity index (χ3n) is 7.16. The minimum absolute atomic E-state index is 0.185. The monoisotopic (exact) mass is 583 g/mol. The van der Waals surface area contributed by atoms with Crippen molar-refractivity contribution in [2.75, 3.05) is 6.61 Å². The normalized spacial score (nSPS) is 21.7. The van der Waals surface area contributed by atoms with Crippen molar-refractivity contribution in [2.45, 2.75) is 57.1 Å². The first kappa shape index (κ1) is 30.4. The Morgan fingerprint density at radius 1 is 0.605 bits per heavy atom. The van der Waals surface area contributed by atoms with Crippen LogP contribution in [0, 0.1) is 0 Å². The maximum Gasteiger partial charge on any atom is 0.405 e. The Hall–Kier alpha value is -4.05. The number of amides is 1. The second-order valence-electron chi connectivity index (χ2n) is 10.3. The number of benzene rings is 4. The molecule has 43 heavy (non-hydrogen) atoms. The second kappa shape index (κ2) is 16.0. The Kier molecular flexibility index (Phi) is 11.3. The van der Waals surface area contributed by atoms with Crippen LogP contribution in [0.5, 0.6) is 0 Å². The van der Waals surface area contributed by atoms with Crippen molar-refractivity contribution in [1.29, 1.82) is 0 Å². The Balaban J connectivity index is 1.41. The fourth-order valence-corrected chi connectivity index (χ4v) is 5.03. The summed E-state index contributed by atoms with van der Waals surface area (Å²) >= 11 is 0. The van der Waals surface area contributed by atoms with E-state index < -0.39 is 36.7 Å². The van der Waals surface area contributed by atoms with Gasteiger partial charge in [-0.25, -0.2) is 4.79 Å². The molecule has 1 fully saturated rings. The Bertz CT molecular complexity index is 1360. The van der Waals surface area contributed by atoms with Gasteiger partial charge >= 0.3 is 6.09 Å². The standard InChI is InChI=1S/C35H37NO7/c37-35(38)36-31-33(41-23-28-17-9-3-10-18-28)32(40-22-27-15-7-2-8-16-27)30(25-39-21-26-13-5-1-6-14-26)43-34(31)42-24-29-19-11-4-12-20-29/h1-20,30-34,36H,21-25H2,(H,37,38)/t30-,31+,32+,33+,34?/m1/s1. The van der Waals surface area contributed by atoms with Crippen LogP contribution in [0.3, 0.4) is 0 Å². The molecule has 0 radical (unpaired) electrons. The summed E-state index contributed by atoms with van der Waals surface area (Å²) < 4.78 is 31.8. The van der Waals surface area contributed by atoms with Crippen LogP contribution >= 0.6 is 0 Å². The van der Waals surface area contributed by atoms with Gasteiger partial charge in [-0.3, -0.25) is 0 Å². The first-order valence-corrected chi connectivity index (χ1v) is 14.4. The molecule has 2 N–H and O–H groups in total. The molecule has 5 atom stereocenters. The van der Waals surface area contributed by atoms with E-state index in [9.17, 15) is 9.90 Å². The predicted octanol–water partition coefficient (Wildman–Crippen LogP) is 5.95. The molecule has 4 aromatic carbocycles. The maximum absolute atomic E-state index is 12.1. The minimum Gasteiger partial charge on any atom is -0.465 e. The molecule has 1 saturated heterocycles. The summed E-state index contributed by atoms with van der Waals surface area (Å²) in [5.74, 6) is 0. The molecule has 0 saturated carbocycles. The highest BCUT2D eigenvalue weighted by Gasteiger charge is 2.49. The van der Waals surface area contributed by atoms with Gasteiger partial charge in [0.2, 0.25) is 0 Å². The largest absolute Gasteiger partial charge is 0.465 e. The quantitative estimate of drug-likeness (QED) is 0.189. The molecule has 0 aliphatic carbocycles. The summed E-state index contributed by atoms with van der Waals surface area (Å²) in [4.78, 5) is 12.1. The SMILES string of the molecule is O=C(O)N[C@@H]1C(OCc2ccccc2)O[C@H](COCc2ccccc2)[C@H](OCc2ccccc2)[C@H]1OCc1ccccc1. The Morgan fingerprint density at radius 3 is 1.49 bits per heavy atom. The summed E-state index contributed by atoms with van der Waals surface area (Å²) in [6.07, 6.45) is -4.21. The first-order valence-electron chi connectivity index (χ1n) is 14.4. The number of hydrogen-bond donors (Lipinski definition) is 2. The number of carbonyl (C=O) groups is 1. The zero-order valence-corrected chi connectivity index (χ0v) is 23.9. The van der Waals surface area contributed by atoms with Gasteiger partial charge in [-0.1, -0.05) is 121 Å². The number of ether oxygens (including phenoxy) is 5. The van der Waals surface area contributed by atoms with Gasteiger partial charge in [0.1, 0.15) is 24.4 Å². The van der Waals surface area contributed by atoms with Crippen molar-refractivity contribution < 1.29 is 33.6 Å². The number of rotatable bonds is 14. The van der Waals surface area contributed by atoms with Crippen molar-refractivity contribution in [3.05, 3.63) is 144 Å². The van der Waals surface area contributed by atoms with Gasteiger partial charge in [0.05, 0.1) is 33.0 Å². The average molecular weight is 584 g/mol. The molecule has 1 aliphatic rings. The van der Waals surface area contributed by atoms with E-state index in [0.29, 0.717) is 6.61 Å². The Morgan fingerprint density at radius 2 is 1.02 bits per heavy atom. The smallest absolute Gasteiger partial charge is 0.405 e. The van der Waals surface area contributed by atoms with E-state index >= 15 is 0 Å². The zero-order valence-electron chi connectivity index (χ0n) is 23.9. The summed E-state index contributed by atoms with van der Waals surface area (Å²) in [7, 11) is 0. The fraction of sp³-hybridized carbons (Fsp3) is 0.286. The molecule has 1 aliphatic heterocycles. The van der Waals surface area contributed by atoms with Crippen molar-refractivity contribution in [3.8, 4) is 0 Å².